The van der Waals surface area contributed by atoms with Gasteiger partial charge in [-0.15, -0.1) is 0 Å². The maximum atomic E-state index is 13.5. The second-order valence-corrected chi connectivity index (χ2v) is 4.50. The zero-order valence-corrected chi connectivity index (χ0v) is 10.7. The van der Waals surface area contributed by atoms with Gasteiger partial charge in [0.05, 0.1) is 5.56 Å². The predicted molar refractivity (Wildman–Crippen MR) is 68.5 cm³/mol. The van der Waals surface area contributed by atoms with Gasteiger partial charge in [-0.25, -0.2) is 9.37 Å². The summed E-state index contributed by atoms with van der Waals surface area (Å²) in [5.74, 6) is -0.665. The van der Waals surface area contributed by atoms with E-state index >= 15 is 0 Å². The maximum absolute atomic E-state index is 13.5. The molecule has 0 aliphatic carbocycles. The molecule has 6 heteroatoms. The number of thioether (sulfide) groups is 1. The lowest BCUT2D eigenvalue weighted by Gasteiger charge is -2.16. The molecule has 1 rings (SSSR count). The lowest BCUT2D eigenvalue weighted by atomic mass is 10.2. The molecule has 17 heavy (non-hydrogen) atoms. The number of hydrogen-bond acceptors (Lipinski definition) is 4. The van der Waals surface area contributed by atoms with Crippen LogP contribution in [0.1, 0.15) is 23.7 Å². The van der Waals surface area contributed by atoms with Gasteiger partial charge in [-0.1, -0.05) is 6.92 Å². The molecule has 0 saturated heterocycles. The lowest BCUT2D eigenvalue weighted by Crippen LogP contribution is -2.36. The third kappa shape index (κ3) is 3.59. The van der Waals surface area contributed by atoms with Crippen LogP contribution in [-0.2, 0) is 0 Å². The van der Waals surface area contributed by atoms with Crippen molar-refractivity contribution >= 4 is 23.5 Å². The van der Waals surface area contributed by atoms with Gasteiger partial charge in [0.1, 0.15) is 0 Å². The zero-order valence-electron chi connectivity index (χ0n) is 9.87. The first kappa shape index (κ1) is 13.8. The van der Waals surface area contributed by atoms with E-state index in [1.807, 2.05) is 13.2 Å². The van der Waals surface area contributed by atoms with E-state index in [-0.39, 0.29) is 17.4 Å². The summed E-state index contributed by atoms with van der Waals surface area (Å²) in [5.41, 5.74) is 5.25. The highest BCUT2D eigenvalue weighted by Gasteiger charge is 2.17. The molecule has 1 aromatic heterocycles. The number of carbonyl (C=O) groups excluding carboxylic acids is 1. The largest absolute Gasteiger partial charge is 0.381 e. The van der Waals surface area contributed by atoms with Crippen molar-refractivity contribution in [3.63, 3.8) is 0 Å². The van der Waals surface area contributed by atoms with Gasteiger partial charge >= 0.3 is 0 Å². The van der Waals surface area contributed by atoms with E-state index in [2.05, 4.69) is 10.3 Å². The summed E-state index contributed by atoms with van der Waals surface area (Å²) in [6.45, 7) is 1.97. The summed E-state index contributed by atoms with van der Waals surface area (Å²) in [4.78, 5) is 15.4. The number of hydrogen-bond donors (Lipinski definition) is 2. The fourth-order valence-corrected chi connectivity index (χ4v) is 2.08. The Morgan fingerprint density at radius 3 is 3.00 bits per heavy atom. The monoisotopic (exact) mass is 257 g/mol. The number of amides is 1. The second kappa shape index (κ2) is 6.44. The molecule has 0 aliphatic heterocycles. The average molecular weight is 257 g/mol. The standard InChI is InChI=1S/C11H16FN3OS/c1-3-7(6-17-2)15-11(16)8-4-5-14-10(13)9(8)12/h4-5,7H,3,6H2,1-2H3,(H2,13,14)(H,15,16). The number of nitrogen functional groups attached to an aromatic ring is 1. The summed E-state index contributed by atoms with van der Waals surface area (Å²) in [5, 5.41) is 2.77. The lowest BCUT2D eigenvalue weighted by molar-refractivity contribution is 0.0936. The first-order chi connectivity index (χ1) is 8.10. The third-order valence-electron chi connectivity index (χ3n) is 2.36. The van der Waals surface area contributed by atoms with Gasteiger partial charge in [-0.3, -0.25) is 4.79 Å². The van der Waals surface area contributed by atoms with E-state index < -0.39 is 11.7 Å². The summed E-state index contributed by atoms with van der Waals surface area (Å²) in [6, 6.07) is 1.36. The van der Waals surface area contributed by atoms with Crippen molar-refractivity contribution in [1.82, 2.24) is 10.3 Å². The minimum Gasteiger partial charge on any atom is -0.381 e. The molecule has 1 unspecified atom stereocenters. The van der Waals surface area contributed by atoms with E-state index in [4.69, 9.17) is 5.73 Å². The molecule has 1 heterocycles. The van der Waals surface area contributed by atoms with E-state index in [1.54, 1.807) is 11.8 Å². The molecule has 1 amide bonds. The Balaban J connectivity index is 2.79. The summed E-state index contributed by atoms with van der Waals surface area (Å²) in [7, 11) is 0. The molecule has 1 atom stereocenters. The molecule has 1 aromatic rings. The van der Waals surface area contributed by atoms with E-state index in [0.29, 0.717) is 0 Å². The van der Waals surface area contributed by atoms with Gasteiger partial charge in [0.2, 0.25) is 0 Å². The summed E-state index contributed by atoms with van der Waals surface area (Å²) < 4.78 is 13.5. The second-order valence-electron chi connectivity index (χ2n) is 3.59. The van der Waals surface area contributed by atoms with Crippen molar-refractivity contribution in [2.24, 2.45) is 0 Å². The Kier molecular flexibility index (Phi) is 5.21. The Morgan fingerprint density at radius 2 is 2.41 bits per heavy atom. The molecular weight excluding hydrogens is 241 g/mol. The summed E-state index contributed by atoms with van der Waals surface area (Å²) in [6.07, 6.45) is 4.08. The van der Waals surface area contributed by atoms with Crippen molar-refractivity contribution < 1.29 is 9.18 Å². The first-order valence-corrected chi connectivity index (χ1v) is 6.69. The topological polar surface area (TPSA) is 68.0 Å². The highest BCUT2D eigenvalue weighted by atomic mass is 32.2. The van der Waals surface area contributed by atoms with E-state index in [1.165, 1.54) is 12.3 Å². The van der Waals surface area contributed by atoms with E-state index in [9.17, 15) is 9.18 Å². The molecule has 94 valence electrons. The maximum Gasteiger partial charge on any atom is 0.254 e. The Labute approximate surface area is 104 Å². The molecular formula is C11H16FN3OS. The number of carbonyl (C=O) groups is 1. The van der Waals surface area contributed by atoms with Crippen LogP contribution in [0.4, 0.5) is 10.2 Å². The van der Waals surface area contributed by atoms with Crippen molar-refractivity contribution in [2.45, 2.75) is 19.4 Å². The number of nitrogens with two attached hydrogens (primary N) is 1. The van der Waals surface area contributed by atoms with Crippen LogP contribution in [0.2, 0.25) is 0 Å². The summed E-state index contributed by atoms with van der Waals surface area (Å²) >= 11 is 1.63. The molecule has 0 radical (unpaired) electrons. The molecule has 3 N–H and O–H groups in total. The predicted octanol–water partition coefficient (Wildman–Crippen LogP) is 1.67. The Hall–Kier alpha value is -1.30. The molecule has 0 saturated carbocycles. The molecule has 4 nitrogen and oxygen atoms in total. The number of aromatic nitrogens is 1. The van der Waals surface area contributed by atoms with Crippen molar-refractivity contribution in [3.8, 4) is 0 Å². The van der Waals surface area contributed by atoms with Crippen LogP contribution in [0.15, 0.2) is 12.3 Å². The smallest absolute Gasteiger partial charge is 0.254 e. The van der Waals surface area contributed by atoms with Crippen LogP contribution >= 0.6 is 11.8 Å². The minimum atomic E-state index is -0.760. The number of halogens is 1. The van der Waals surface area contributed by atoms with Gasteiger partial charge in [-0.2, -0.15) is 11.8 Å². The van der Waals surface area contributed by atoms with Crippen LogP contribution in [-0.4, -0.2) is 28.9 Å². The molecule has 0 aliphatic rings. The van der Waals surface area contributed by atoms with Crippen molar-refractivity contribution in [1.29, 1.82) is 0 Å². The average Bonchev–Trinajstić information content (AvgIpc) is 2.31. The van der Waals surface area contributed by atoms with Gasteiger partial charge in [-0.05, 0) is 18.7 Å². The molecule has 0 bridgehead atoms. The van der Waals surface area contributed by atoms with Crippen molar-refractivity contribution in [3.05, 3.63) is 23.6 Å². The van der Waals surface area contributed by atoms with Gasteiger partial charge in [0.25, 0.3) is 5.91 Å². The Morgan fingerprint density at radius 1 is 1.71 bits per heavy atom. The van der Waals surface area contributed by atoms with Gasteiger partial charge < -0.3 is 11.1 Å². The molecule has 0 spiro atoms. The highest BCUT2D eigenvalue weighted by molar-refractivity contribution is 7.98. The van der Waals surface area contributed by atoms with Crippen molar-refractivity contribution in [2.75, 3.05) is 17.7 Å². The first-order valence-electron chi connectivity index (χ1n) is 5.29. The van der Waals surface area contributed by atoms with Crippen LogP contribution in [0, 0.1) is 5.82 Å². The number of nitrogens with zero attached hydrogens (tertiary/aromatic N) is 1. The van der Waals surface area contributed by atoms with Gasteiger partial charge in [0.15, 0.2) is 11.6 Å². The molecule has 0 fully saturated rings. The Bertz CT molecular complexity index is 400. The minimum absolute atomic E-state index is 0.0336. The zero-order chi connectivity index (χ0) is 12.8. The highest BCUT2D eigenvalue weighted by Crippen LogP contribution is 2.12. The number of nitrogens with one attached hydrogen (secondary N) is 1. The fraction of sp³-hybridized carbons (Fsp3) is 0.455. The van der Waals surface area contributed by atoms with E-state index in [0.717, 1.165) is 12.2 Å². The normalized spacial score (nSPS) is 12.2. The fourth-order valence-electron chi connectivity index (χ4n) is 1.36. The van der Waals surface area contributed by atoms with Crippen LogP contribution < -0.4 is 11.1 Å². The van der Waals surface area contributed by atoms with Gasteiger partial charge in [0, 0.05) is 18.0 Å². The van der Waals surface area contributed by atoms with Crippen LogP contribution in [0.5, 0.6) is 0 Å². The number of anilines is 1. The number of pyridine rings is 1. The van der Waals surface area contributed by atoms with Crippen LogP contribution in [0.25, 0.3) is 0 Å². The van der Waals surface area contributed by atoms with Crippen LogP contribution in [0.3, 0.4) is 0 Å². The number of rotatable bonds is 5. The SMILES string of the molecule is CCC(CSC)NC(=O)c1ccnc(N)c1F. The quantitative estimate of drug-likeness (QED) is 0.842. The molecule has 0 aromatic carbocycles. The third-order valence-corrected chi connectivity index (χ3v) is 3.09.